The smallest absolute Gasteiger partial charge is 0.193 e. The molecule has 19 heavy (non-hydrogen) atoms. The normalized spacial score (nSPS) is 11.4. The van der Waals surface area contributed by atoms with E-state index in [4.69, 9.17) is 0 Å². The molecule has 0 atom stereocenters. The third-order valence-corrected chi connectivity index (χ3v) is 3.83. The summed E-state index contributed by atoms with van der Waals surface area (Å²) in [6, 6.07) is 2.17. The Bertz CT molecular complexity index is 621. The molecule has 0 unspecified atom stereocenters. The Morgan fingerprint density at radius 3 is 3.11 bits per heavy atom. The molecule has 0 bridgehead atoms. The number of nitrogens with one attached hydrogen (secondary N) is 1. The number of aromatic nitrogens is 3. The van der Waals surface area contributed by atoms with Gasteiger partial charge < -0.3 is 9.88 Å². The SMILES string of the molecule is CCCNCc1ccn(Cc2cn3ccsc3n2)c1. The Balaban J connectivity index is 1.64. The van der Waals surface area contributed by atoms with Crippen LogP contribution in [-0.4, -0.2) is 20.5 Å². The summed E-state index contributed by atoms with van der Waals surface area (Å²) in [5, 5.41) is 5.47. The highest BCUT2D eigenvalue weighted by Crippen LogP contribution is 2.12. The van der Waals surface area contributed by atoms with Gasteiger partial charge in [-0.05, 0) is 24.6 Å². The van der Waals surface area contributed by atoms with E-state index in [1.165, 1.54) is 12.0 Å². The van der Waals surface area contributed by atoms with Crippen LogP contribution in [0.15, 0.2) is 36.2 Å². The van der Waals surface area contributed by atoms with E-state index in [-0.39, 0.29) is 0 Å². The molecule has 3 aromatic heterocycles. The zero-order chi connectivity index (χ0) is 13.1. The first-order valence-corrected chi connectivity index (χ1v) is 7.49. The van der Waals surface area contributed by atoms with Crippen molar-refractivity contribution in [2.24, 2.45) is 0 Å². The van der Waals surface area contributed by atoms with Gasteiger partial charge >= 0.3 is 0 Å². The monoisotopic (exact) mass is 274 g/mol. The highest BCUT2D eigenvalue weighted by atomic mass is 32.1. The van der Waals surface area contributed by atoms with Crippen molar-refractivity contribution in [1.29, 1.82) is 0 Å². The van der Waals surface area contributed by atoms with Gasteiger partial charge in [0.2, 0.25) is 0 Å². The summed E-state index contributed by atoms with van der Waals surface area (Å²) in [6.07, 6.45) is 9.63. The molecule has 3 aromatic rings. The van der Waals surface area contributed by atoms with Crippen LogP contribution in [0, 0.1) is 0 Å². The average molecular weight is 274 g/mol. The summed E-state index contributed by atoms with van der Waals surface area (Å²) in [4.78, 5) is 5.66. The van der Waals surface area contributed by atoms with Crippen molar-refractivity contribution < 1.29 is 0 Å². The lowest BCUT2D eigenvalue weighted by Crippen LogP contribution is -2.13. The molecule has 5 heteroatoms. The lowest BCUT2D eigenvalue weighted by Gasteiger charge is -2.00. The number of imidazole rings is 1. The van der Waals surface area contributed by atoms with Crippen LogP contribution in [0.5, 0.6) is 0 Å². The van der Waals surface area contributed by atoms with Crippen molar-refractivity contribution in [3.63, 3.8) is 0 Å². The topological polar surface area (TPSA) is 34.3 Å². The van der Waals surface area contributed by atoms with Crippen LogP contribution in [0.1, 0.15) is 24.6 Å². The molecule has 0 aliphatic carbocycles. The van der Waals surface area contributed by atoms with Gasteiger partial charge in [-0.2, -0.15) is 0 Å². The van der Waals surface area contributed by atoms with Gasteiger partial charge in [0.05, 0.1) is 12.2 Å². The maximum absolute atomic E-state index is 4.60. The van der Waals surface area contributed by atoms with Crippen LogP contribution in [-0.2, 0) is 13.1 Å². The first-order valence-electron chi connectivity index (χ1n) is 6.61. The molecule has 4 nitrogen and oxygen atoms in total. The first-order chi connectivity index (χ1) is 9.35. The summed E-state index contributed by atoms with van der Waals surface area (Å²) in [5.74, 6) is 0. The molecule has 0 spiro atoms. The number of fused-ring (bicyclic) bond motifs is 1. The van der Waals surface area contributed by atoms with Crippen molar-refractivity contribution in [1.82, 2.24) is 19.3 Å². The zero-order valence-corrected chi connectivity index (χ0v) is 11.9. The van der Waals surface area contributed by atoms with E-state index in [0.29, 0.717) is 0 Å². The van der Waals surface area contributed by atoms with Crippen molar-refractivity contribution >= 4 is 16.3 Å². The number of hydrogen-bond donors (Lipinski definition) is 1. The molecule has 0 amide bonds. The Labute approximate surface area is 116 Å². The van der Waals surface area contributed by atoms with Crippen LogP contribution in [0.3, 0.4) is 0 Å². The van der Waals surface area contributed by atoms with Crippen LogP contribution in [0.2, 0.25) is 0 Å². The number of hydrogen-bond acceptors (Lipinski definition) is 3. The lowest BCUT2D eigenvalue weighted by atomic mass is 10.3. The fourth-order valence-corrected chi connectivity index (χ4v) is 2.86. The fourth-order valence-electron chi connectivity index (χ4n) is 2.14. The molecular weight excluding hydrogens is 256 g/mol. The van der Waals surface area contributed by atoms with Gasteiger partial charge in [0, 0.05) is 36.7 Å². The van der Waals surface area contributed by atoms with Crippen molar-refractivity contribution in [2.75, 3.05) is 6.54 Å². The molecule has 0 aliphatic rings. The van der Waals surface area contributed by atoms with Crippen LogP contribution in [0.4, 0.5) is 0 Å². The van der Waals surface area contributed by atoms with E-state index in [1.807, 2.05) is 6.20 Å². The van der Waals surface area contributed by atoms with Gasteiger partial charge in [-0.25, -0.2) is 4.98 Å². The standard InChI is InChI=1S/C14H18N4S/c1-2-4-15-8-12-3-5-17(9-12)10-13-11-18-6-7-19-14(18)16-13/h3,5-7,9,11,15H,2,4,8,10H2,1H3. The Morgan fingerprint density at radius 2 is 2.26 bits per heavy atom. The molecule has 0 aromatic carbocycles. The van der Waals surface area contributed by atoms with E-state index in [0.717, 1.165) is 30.3 Å². The molecule has 1 N–H and O–H groups in total. The van der Waals surface area contributed by atoms with Crippen LogP contribution in [0.25, 0.3) is 4.96 Å². The molecule has 3 rings (SSSR count). The van der Waals surface area contributed by atoms with E-state index >= 15 is 0 Å². The summed E-state index contributed by atoms with van der Waals surface area (Å²) < 4.78 is 4.27. The van der Waals surface area contributed by atoms with E-state index < -0.39 is 0 Å². The Hall–Kier alpha value is -1.59. The predicted octanol–water partition coefficient (Wildman–Crippen LogP) is 2.75. The number of rotatable bonds is 6. The van der Waals surface area contributed by atoms with Gasteiger partial charge in [-0.3, -0.25) is 4.40 Å². The molecule has 0 saturated heterocycles. The minimum absolute atomic E-state index is 0.835. The molecule has 100 valence electrons. The molecule has 0 aliphatic heterocycles. The third kappa shape index (κ3) is 2.88. The maximum Gasteiger partial charge on any atom is 0.193 e. The quantitative estimate of drug-likeness (QED) is 0.701. The third-order valence-electron chi connectivity index (χ3n) is 3.06. The fraction of sp³-hybridized carbons (Fsp3) is 0.357. The second kappa shape index (κ2) is 5.59. The Kier molecular flexibility index (Phi) is 3.66. The Morgan fingerprint density at radius 1 is 1.32 bits per heavy atom. The van der Waals surface area contributed by atoms with Gasteiger partial charge in [0.25, 0.3) is 0 Å². The molecular formula is C14H18N4S. The highest BCUT2D eigenvalue weighted by Gasteiger charge is 2.03. The van der Waals surface area contributed by atoms with Crippen molar-refractivity contribution in [3.05, 3.63) is 47.5 Å². The molecule has 0 fully saturated rings. The second-order valence-corrected chi connectivity index (χ2v) is 5.57. The first kappa shape index (κ1) is 12.4. The predicted molar refractivity (Wildman–Crippen MR) is 78.6 cm³/mol. The zero-order valence-electron chi connectivity index (χ0n) is 11.0. The van der Waals surface area contributed by atoms with Crippen molar-refractivity contribution in [3.8, 4) is 0 Å². The number of nitrogens with zero attached hydrogens (tertiary/aromatic N) is 3. The van der Waals surface area contributed by atoms with E-state index in [2.05, 4.69) is 56.2 Å². The summed E-state index contributed by atoms with van der Waals surface area (Å²) >= 11 is 1.67. The largest absolute Gasteiger partial charge is 0.348 e. The summed E-state index contributed by atoms with van der Waals surface area (Å²) in [7, 11) is 0. The molecule has 0 saturated carbocycles. The summed E-state index contributed by atoms with van der Waals surface area (Å²) in [6.45, 7) is 5.03. The second-order valence-electron chi connectivity index (χ2n) is 4.69. The molecule has 3 heterocycles. The number of thiazole rings is 1. The lowest BCUT2D eigenvalue weighted by molar-refractivity contribution is 0.673. The van der Waals surface area contributed by atoms with Crippen LogP contribution < -0.4 is 5.32 Å². The maximum atomic E-state index is 4.60. The van der Waals surface area contributed by atoms with Gasteiger partial charge in [-0.15, -0.1) is 11.3 Å². The minimum Gasteiger partial charge on any atom is -0.348 e. The van der Waals surface area contributed by atoms with Crippen LogP contribution >= 0.6 is 11.3 Å². The van der Waals surface area contributed by atoms with Gasteiger partial charge in [-0.1, -0.05) is 6.92 Å². The average Bonchev–Trinajstić information content (AvgIpc) is 3.06. The summed E-state index contributed by atoms with van der Waals surface area (Å²) in [5.41, 5.74) is 2.44. The molecule has 0 radical (unpaired) electrons. The van der Waals surface area contributed by atoms with Gasteiger partial charge in [0.1, 0.15) is 0 Å². The van der Waals surface area contributed by atoms with Crippen molar-refractivity contribution in [2.45, 2.75) is 26.4 Å². The van der Waals surface area contributed by atoms with E-state index in [1.54, 1.807) is 11.3 Å². The highest BCUT2D eigenvalue weighted by molar-refractivity contribution is 7.15. The van der Waals surface area contributed by atoms with E-state index in [9.17, 15) is 0 Å². The van der Waals surface area contributed by atoms with Gasteiger partial charge in [0.15, 0.2) is 4.96 Å². The minimum atomic E-state index is 0.835.